The molecule has 0 aromatic heterocycles. The second-order valence-corrected chi connectivity index (χ2v) is 5.39. The first-order valence-electron chi connectivity index (χ1n) is 6.53. The minimum absolute atomic E-state index is 0.138. The Bertz CT molecular complexity index is 523. The van der Waals surface area contributed by atoms with Gasteiger partial charge in [-0.25, -0.2) is 4.39 Å². The Hall–Kier alpha value is -1.17. The topological polar surface area (TPSA) is 60.8 Å². The molecule has 1 aromatic rings. The molecule has 0 bridgehead atoms. The summed E-state index contributed by atoms with van der Waals surface area (Å²) in [6, 6.07) is 1.96. The van der Waals surface area contributed by atoms with Gasteiger partial charge < -0.3 is 15.1 Å². The van der Waals surface area contributed by atoms with E-state index >= 15 is 0 Å². The first kappa shape index (κ1) is 15.2. The molecule has 0 aliphatic carbocycles. The average molecular weight is 302 g/mol. The second-order valence-electron chi connectivity index (χ2n) is 4.98. The highest BCUT2D eigenvalue weighted by Crippen LogP contribution is 2.32. The van der Waals surface area contributed by atoms with Crippen LogP contribution in [0, 0.1) is 5.82 Å². The number of aliphatic hydroxyl groups excluding tert-OH is 2. The summed E-state index contributed by atoms with van der Waals surface area (Å²) in [6.45, 7) is 1.90. The van der Waals surface area contributed by atoms with Crippen molar-refractivity contribution in [2.75, 3.05) is 6.54 Å². The lowest BCUT2D eigenvalue weighted by Gasteiger charge is -2.35. The third-order valence-corrected chi connectivity index (χ3v) is 4.05. The molecule has 110 valence electrons. The van der Waals surface area contributed by atoms with E-state index < -0.39 is 18.0 Å². The first-order chi connectivity index (χ1) is 9.45. The van der Waals surface area contributed by atoms with Crippen LogP contribution in [0.25, 0.3) is 0 Å². The normalized spacial score (nSPS) is 21.1. The van der Waals surface area contributed by atoms with Gasteiger partial charge in [-0.1, -0.05) is 11.6 Å². The molecule has 6 heteroatoms. The fourth-order valence-corrected chi connectivity index (χ4v) is 2.87. The monoisotopic (exact) mass is 301 g/mol. The maximum absolute atomic E-state index is 13.5. The van der Waals surface area contributed by atoms with E-state index in [1.165, 1.54) is 11.0 Å². The summed E-state index contributed by atoms with van der Waals surface area (Å²) in [5, 5.41) is 19.2. The van der Waals surface area contributed by atoms with E-state index in [0.29, 0.717) is 30.5 Å². The quantitative estimate of drug-likeness (QED) is 0.898. The standard InChI is InChI=1S/C14H17ClFNO3/c1-8(17-4-2-3-13(19)14(17)20)10-5-9(16)6-12(15)11(10)7-18/h5-6,8,13,18-19H,2-4,7H2,1H3/t8-,13+/m0/s1. The smallest absolute Gasteiger partial charge is 0.251 e. The maximum Gasteiger partial charge on any atom is 0.251 e. The van der Waals surface area contributed by atoms with E-state index in [-0.39, 0.29) is 17.5 Å². The molecule has 1 amide bonds. The highest BCUT2D eigenvalue weighted by molar-refractivity contribution is 6.31. The molecular weight excluding hydrogens is 285 g/mol. The number of benzene rings is 1. The van der Waals surface area contributed by atoms with Crippen LogP contribution in [0.3, 0.4) is 0 Å². The number of carbonyl (C=O) groups is 1. The number of rotatable bonds is 3. The van der Waals surface area contributed by atoms with Crippen LogP contribution >= 0.6 is 11.6 Å². The van der Waals surface area contributed by atoms with Gasteiger partial charge in [-0.05, 0) is 37.5 Å². The summed E-state index contributed by atoms with van der Waals surface area (Å²) >= 11 is 5.93. The minimum Gasteiger partial charge on any atom is -0.392 e. The van der Waals surface area contributed by atoms with Crippen molar-refractivity contribution in [2.45, 2.75) is 38.5 Å². The number of hydrogen-bond acceptors (Lipinski definition) is 3. The van der Waals surface area contributed by atoms with Gasteiger partial charge in [0.2, 0.25) is 0 Å². The summed E-state index contributed by atoms with van der Waals surface area (Å²) in [4.78, 5) is 13.5. The molecule has 1 saturated heterocycles. The molecule has 0 radical (unpaired) electrons. The lowest BCUT2D eigenvalue weighted by atomic mass is 9.97. The highest BCUT2D eigenvalue weighted by atomic mass is 35.5. The van der Waals surface area contributed by atoms with Crippen molar-refractivity contribution in [2.24, 2.45) is 0 Å². The summed E-state index contributed by atoms with van der Waals surface area (Å²) in [5.41, 5.74) is 0.883. The van der Waals surface area contributed by atoms with Crippen LogP contribution in [0.15, 0.2) is 12.1 Å². The van der Waals surface area contributed by atoms with Crippen molar-refractivity contribution in [3.05, 3.63) is 34.1 Å². The fraction of sp³-hybridized carbons (Fsp3) is 0.500. The van der Waals surface area contributed by atoms with E-state index in [1.54, 1.807) is 6.92 Å². The number of hydrogen-bond donors (Lipinski definition) is 2. The third-order valence-electron chi connectivity index (χ3n) is 3.72. The first-order valence-corrected chi connectivity index (χ1v) is 6.90. The van der Waals surface area contributed by atoms with E-state index in [4.69, 9.17) is 11.6 Å². The maximum atomic E-state index is 13.5. The Morgan fingerprint density at radius 3 is 2.90 bits per heavy atom. The lowest BCUT2D eigenvalue weighted by molar-refractivity contribution is -0.146. The predicted octanol–water partition coefficient (Wildman–Crippen LogP) is 2.02. The number of carbonyl (C=O) groups excluding carboxylic acids is 1. The molecule has 4 nitrogen and oxygen atoms in total. The zero-order valence-electron chi connectivity index (χ0n) is 11.1. The van der Waals surface area contributed by atoms with Crippen molar-refractivity contribution in [1.29, 1.82) is 0 Å². The Labute approximate surface area is 121 Å². The van der Waals surface area contributed by atoms with Gasteiger partial charge in [0.1, 0.15) is 11.9 Å². The van der Waals surface area contributed by atoms with Gasteiger partial charge in [-0.3, -0.25) is 4.79 Å². The van der Waals surface area contributed by atoms with Gasteiger partial charge in [0, 0.05) is 17.1 Å². The molecule has 2 N–H and O–H groups in total. The van der Waals surface area contributed by atoms with Gasteiger partial charge in [-0.15, -0.1) is 0 Å². The Kier molecular flexibility index (Phi) is 4.62. The molecule has 0 spiro atoms. The largest absolute Gasteiger partial charge is 0.392 e. The van der Waals surface area contributed by atoms with Crippen LogP contribution < -0.4 is 0 Å². The molecule has 2 rings (SSSR count). The van der Waals surface area contributed by atoms with E-state index in [2.05, 4.69) is 0 Å². The van der Waals surface area contributed by atoms with Crippen LogP contribution in [0.5, 0.6) is 0 Å². The second kappa shape index (κ2) is 6.08. The number of amides is 1. The molecule has 1 heterocycles. The number of aliphatic hydroxyl groups is 2. The van der Waals surface area contributed by atoms with Crippen LogP contribution in [-0.4, -0.2) is 33.7 Å². The molecule has 1 aliphatic rings. The van der Waals surface area contributed by atoms with Crippen molar-refractivity contribution in [3.8, 4) is 0 Å². The van der Waals surface area contributed by atoms with E-state index in [1.807, 2.05) is 0 Å². The molecule has 0 unspecified atom stereocenters. The van der Waals surface area contributed by atoms with Gasteiger partial charge in [0.25, 0.3) is 5.91 Å². The van der Waals surface area contributed by atoms with E-state index in [9.17, 15) is 19.4 Å². The van der Waals surface area contributed by atoms with E-state index in [0.717, 1.165) is 6.07 Å². The zero-order valence-corrected chi connectivity index (χ0v) is 11.9. The molecular formula is C14H17ClFNO3. The van der Waals surface area contributed by atoms with Gasteiger partial charge in [0.15, 0.2) is 0 Å². The number of nitrogens with zero attached hydrogens (tertiary/aromatic N) is 1. The predicted molar refractivity (Wildman–Crippen MR) is 72.7 cm³/mol. The van der Waals surface area contributed by atoms with Crippen molar-refractivity contribution in [1.82, 2.24) is 4.90 Å². The molecule has 0 saturated carbocycles. The zero-order chi connectivity index (χ0) is 14.9. The molecule has 2 atom stereocenters. The average Bonchev–Trinajstić information content (AvgIpc) is 2.40. The third kappa shape index (κ3) is 2.80. The Balaban J connectivity index is 2.37. The van der Waals surface area contributed by atoms with Gasteiger partial charge >= 0.3 is 0 Å². The molecule has 1 aromatic carbocycles. The summed E-state index contributed by atoms with van der Waals surface area (Å²) in [7, 11) is 0. The number of halogens is 2. The fourth-order valence-electron chi connectivity index (χ4n) is 2.60. The Morgan fingerprint density at radius 1 is 1.55 bits per heavy atom. The molecule has 20 heavy (non-hydrogen) atoms. The number of likely N-dealkylation sites (tertiary alicyclic amines) is 1. The molecule has 1 aliphatic heterocycles. The minimum atomic E-state index is -1.01. The van der Waals surface area contributed by atoms with Crippen LogP contribution in [0.1, 0.15) is 36.9 Å². The van der Waals surface area contributed by atoms with Gasteiger partial charge in [0.05, 0.1) is 12.6 Å². The summed E-state index contributed by atoms with van der Waals surface area (Å²) in [5.74, 6) is -0.882. The SMILES string of the molecule is C[C@@H](c1cc(F)cc(Cl)c1CO)N1CCC[C@@H](O)C1=O. The van der Waals surface area contributed by atoms with Gasteiger partial charge in [-0.2, -0.15) is 0 Å². The van der Waals surface area contributed by atoms with Crippen LogP contribution in [-0.2, 0) is 11.4 Å². The molecule has 1 fully saturated rings. The highest BCUT2D eigenvalue weighted by Gasteiger charge is 2.31. The summed E-state index contributed by atoms with van der Waals surface area (Å²) in [6.07, 6.45) is 0.126. The lowest BCUT2D eigenvalue weighted by Crippen LogP contribution is -2.45. The summed E-state index contributed by atoms with van der Waals surface area (Å²) < 4.78 is 13.5. The van der Waals surface area contributed by atoms with Crippen LogP contribution in [0.2, 0.25) is 5.02 Å². The van der Waals surface area contributed by atoms with Crippen LogP contribution in [0.4, 0.5) is 4.39 Å². The van der Waals surface area contributed by atoms with Crippen molar-refractivity contribution >= 4 is 17.5 Å². The van der Waals surface area contributed by atoms with Crippen molar-refractivity contribution < 1.29 is 19.4 Å². The van der Waals surface area contributed by atoms with Crippen molar-refractivity contribution in [3.63, 3.8) is 0 Å². The number of piperidine rings is 1. The Morgan fingerprint density at radius 2 is 2.25 bits per heavy atom.